The average Bonchev–Trinajstić information content (AvgIpc) is 3.05. The number of piperidine rings is 1. The molecule has 1 fully saturated rings. The topological polar surface area (TPSA) is 32.7 Å². The fourth-order valence-corrected chi connectivity index (χ4v) is 5.16. The number of ether oxygens (including phenoxy) is 1. The second kappa shape index (κ2) is 6.71. The molecule has 2 atom stereocenters. The quantitative estimate of drug-likeness (QED) is 0.894. The third kappa shape index (κ3) is 2.74. The van der Waals surface area contributed by atoms with Crippen LogP contribution in [-0.4, -0.2) is 35.7 Å². The minimum absolute atomic E-state index is 0.245. The third-order valence-electron chi connectivity index (χ3n) is 6.57. The van der Waals surface area contributed by atoms with Gasteiger partial charge in [-0.05, 0) is 73.4 Å². The molecule has 0 aromatic heterocycles. The van der Waals surface area contributed by atoms with E-state index in [2.05, 4.69) is 41.3 Å². The summed E-state index contributed by atoms with van der Waals surface area (Å²) in [6.07, 6.45) is 5.23. The normalized spacial score (nSPS) is 26.2. The van der Waals surface area contributed by atoms with Gasteiger partial charge in [0, 0.05) is 6.04 Å². The molecule has 0 bridgehead atoms. The van der Waals surface area contributed by atoms with Crippen molar-refractivity contribution in [2.75, 3.05) is 19.7 Å². The molecule has 136 valence electrons. The molecule has 2 unspecified atom stereocenters. The van der Waals surface area contributed by atoms with E-state index in [9.17, 15) is 5.11 Å². The number of rotatable bonds is 2. The number of para-hydroxylation sites is 1. The molecule has 3 nitrogen and oxygen atoms in total. The molecule has 1 aliphatic carbocycles. The summed E-state index contributed by atoms with van der Waals surface area (Å²) in [6, 6.07) is 15.3. The van der Waals surface area contributed by atoms with Crippen molar-refractivity contribution in [3.8, 4) is 5.75 Å². The van der Waals surface area contributed by atoms with Gasteiger partial charge in [-0.1, -0.05) is 42.5 Å². The maximum atomic E-state index is 10.8. The molecule has 2 heterocycles. The van der Waals surface area contributed by atoms with Crippen LogP contribution >= 0.6 is 0 Å². The molecule has 0 saturated carbocycles. The second-order valence-corrected chi connectivity index (χ2v) is 8.01. The molecular weight excluding hydrogens is 322 g/mol. The standard InChI is InChI=1S/C23H27NO2/c25-22-19-8-2-1-5-18(19)15-21(22)24-12-10-16(11-13-24)20-9-3-6-17-7-4-14-26-23(17)20/h1-3,5-6,8-9,16,21-22,25H,4,7,10-15H2. The van der Waals surface area contributed by atoms with Crippen molar-refractivity contribution < 1.29 is 9.84 Å². The SMILES string of the molecule is OC1c2ccccc2CC1N1CCC(c2cccc3c2OCCC3)CC1. The molecule has 0 amide bonds. The first-order valence-corrected chi connectivity index (χ1v) is 10.1. The summed E-state index contributed by atoms with van der Waals surface area (Å²) in [5.41, 5.74) is 5.25. The van der Waals surface area contributed by atoms with Crippen LogP contribution in [0.5, 0.6) is 5.75 Å². The van der Waals surface area contributed by atoms with Crippen molar-refractivity contribution in [3.63, 3.8) is 0 Å². The van der Waals surface area contributed by atoms with Crippen LogP contribution in [0, 0.1) is 0 Å². The molecule has 2 aliphatic heterocycles. The Morgan fingerprint density at radius 2 is 1.69 bits per heavy atom. The van der Waals surface area contributed by atoms with Gasteiger partial charge in [-0.15, -0.1) is 0 Å². The second-order valence-electron chi connectivity index (χ2n) is 8.01. The zero-order chi connectivity index (χ0) is 17.5. The van der Waals surface area contributed by atoms with E-state index in [0.29, 0.717) is 5.92 Å². The van der Waals surface area contributed by atoms with Crippen LogP contribution in [0.3, 0.4) is 0 Å². The van der Waals surface area contributed by atoms with E-state index >= 15 is 0 Å². The number of aliphatic hydroxyl groups excluding tert-OH is 1. The Morgan fingerprint density at radius 3 is 2.54 bits per heavy atom. The fraction of sp³-hybridized carbons (Fsp3) is 0.478. The molecule has 3 heteroatoms. The Bertz CT molecular complexity index is 795. The fourth-order valence-electron chi connectivity index (χ4n) is 5.16. The molecule has 0 radical (unpaired) electrons. The number of aliphatic hydroxyl groups is 1. The molecule has 1 N–H and O–H groups in total. The van der Waals surface area contributed by atoms with E-state index in [-0.39, 0.29) is 12.1 Å². The zero-order valence-corrected chi connectivity index (χ0v) is 15.2. The van der Waals surface area contributed by atoms with Crippen LogP contribution in [0.15, 0.2) is 42.5 Å². The molecule has 0 spiro atoms. The van der Waals surface area contributed by atoms with Crippen LogP contribution in [-0.2, 0) is 12.8 Å². The van der Waals surface area contributed by atoms with Gasteiger partial charge in [0.1, 0.15) is 5.75 Å². The van der Waals surface area contributed by atoms with Crippen molar-refractivity contribution in [1.29, 1.82) is 0 Å². The lowest BCUT2D eigenvalue weighted by Gasteiger charge is -2.38. The highest BCUT2D eigenvalue weighted by Crippen LogP contribution is 2.41. The molecule has 3 aliphatic rings. The predicted molar refractivity (Wildman–Crippen MR) is 103 cm³/mol. The molecule has 5 rings (SSSR count). The van der Waals surface area contributed by atoms with Gasteiger partial charge in [0.2, 0.25) is 0 Å². The summed E-state index contributed by atoms with van der Waals surface area (Å²) in [6.45, 7) is 2.98. The predicted octanol–water partition coefficient (Wildman–Crippen LogP) is 3.85. The maximum Gasteiger partial charge on any atom is 0.125 e. The van der Waals surface area contributed by atoms with E-state index in [0.717, 1.165) is 57.4 Å². The molecule has 2 aromatic rings. The van der Waals surface area contributed by atoms with Gasteiger partial charge in [-0.25, -0.2) is 0 Å². The van der Waals surface area contributed by atoms with Gasteiger partial charge in [0.15, 0.2) is 0 Å². The van der Waals surface area contributed by atoms with Crippen LogP contribution in [0.25, 0.3) is 0 Å². The van der Waals surface area contributed by atoms with Crippen LogP contribution in [0.1, 0.15) is 53.5 Å². The Kier molecular flexibility index (Phi) is 4.22. The van der Waals surface area contributed by atoms with Gasteiger partial charge >= 0.3 is 0 Å². The van der Waals surface area contributed by atoms with Gasteiger partial charge < -0.3 is 9.84 Å². The highest BCUT2D eigenvalue weighted by molar-refractivity contribution is 5.45. The molecule has 26 heavy (non-hydrogen) atoms. The maximum absolute atomic E-state index is 10.8. The number of hydrogen-bond donors (Lipinski definition) is 1. The smallest absolute Gasteiger partial charge is 0.125 e. The number of likely N-dealkylation sites (tertiary alicyclic amines) is 1. The van der Waals surface area contributed by atoms with E-state index in [1.165, 1.54) is 22.4 Å². The number of fused-ring (bicyclic) bond motifs is 2. The van der Waals surface area contributed by atoms with Crippen molar-refractivity contribution in [3.05, 3.63) is 64.7 Å². The van der Waals surface area contributed by atoms with Crippen LogP contribution in [0.4, 0.5) is 0 Å². The van der Waals surface area contributed by atoms with E-state index in [1.807, 2.05) is 6.07 Å². The summed E-state index contributed by atoms with van der Waals surface area (Å²) < 4.78 is 6.04. The molecule has 1 saturated heterocycles. The lowest BCUT2D eigenvalue weighted by molar-refractivity contribution is 0.0455. The number of nitrogens with zero attached hydrogens (tertiary/aromatic N) is 1. The van der Waals surface area contributed by atoms with Crippen molar-refractivity contribution >= 4 is 0 Å². The Balaban J connectivity index is 1.29. The summed E-state index contributed by atoms with van der Waals surface area (Å²) in [4.78, 5) is 2.51. The number of aryl methyl sites for hydroxylation is 1. The summed E-state index contributed by atoms with van der Waals surface area (Å²) in [7, 11) is 0. The summed E-state index contributed by atoms with van der Waals surface area (Å²) >= 11 is 0. The lowest BCUT2D eigenvalue weighted by atomic mass is 9.86. The van der Waals surface area contributed by atoms with Gasteiger partial charge in [-0.3, -0.25) is 4.90 Å². The number of benzene rings is 2. The van der Waals surface area contributed by atoms with Crippen molar-refractivity contribution in [2.45, 2.75) is 50.2 Å². The van der Waals surface area contributed by atoms with Crippen LogP contribution in [0.2, 0.25) is 0 Å². The Hall–Kier alpha value is -1.84. The van der Waals surface area contributed by atoms with Gasteiger partial charge in [-0.2, -0.15) is 0 Å². The van der Waals surface area contributed by atoms with Crippen molar-refractivity contribution in [2.24, 2.45) is 0 Å². The average molecular weight is 349 g/mol. The van der Waals surface area contributed by atoms with Gasteiger partial charge in [0.05, 0.1) is 12.7 Å². The molecular formula is C23H27NO2. The largest absolute Gasteiger partial charge is 0.493 e. The van der Waals surface area contributed by atoms with Gasteiger partial charge in [0.25, 0.3) is 0 Å². The highest BCUT2D eigenvalue weighted by atomic mass is 16.5. The zero-order valence-electron chi connectivity index (χ0n) is 15.2. The Morgan fingerprint density at radius 1 is 0.923 bits per heavy atom. The third-order valence-corrected chi connectivity index (χ3v) is 6.57. The van der Waals surface area contributed by atoms with Crippen LogP contribution < -0.4 is 4.74 Å². The minimum Gasteiger partial charge on any atom is -0.493 e. The Labute approximate surface area is 155 Å². The first-order chi connectivity index (χ1) is 12.8. The lowest BCUT2D eigenvalue weighted by Crippen LogP contribution is -2.43. The summed E-state index contributed by atoms with van der Waals surface area (Å²) in [5, 5.41) is 10.8. The first-order valence-electron chi connectivity index (χ1n) is 10.1. The molecule has 2 aromatic carbocycles. The monoisotopic (exact) mass is 349 g/mol. The summed E-state index contributed by atoms with van der Waals surface area (Å²) in [5.74, 6) is 1.76. The first kappa shape index (κ1) is 16.3. The highest BCUT2D eigenvalue weighted by Gasteiger charge is 2.37. The van der Waals surface area contributed by atoms with E-state index < -0.39 is 0 Å². The van der Waals surface area contributed by atoms with E-state index in [4.69, 9.17) is 4.74 Å². The van der Waals surface area contributed by atoms with Crippen molar-refractivity contribution in [1.82, 2.24) is 4.90 Å². The van der Waals surface area contributed by atoms with E-state index in [1.54, 1.807) is 0 Å². The number of hydrogen-bond acceptors (Lipinski definition) is 3. The minimum atomic E-state index is -0.337.